The maximum Gasteiger partial charge on any atom is 0.356 e. The smallest absolute Gasteiger partial charge is 0.356 e. The molecule has 27 heavy (non-hydrogen) atoms. The van der Waals surface area contributed by atoms with Gasteiger partial charge in [-0.1, -0.05) is 35.5 Å². The number of aromatic nitrogens is 4. The Balaban J connectivity index is 1.43. The summed E-state index contributed by atoms with van der Waals surface area (Å²) in [4.78, 5) is 15.9. The minimum atomic E-state index is -0.969. The summed E-state index contributed by atoms with van der Waals surface area (Å²) >= 11 is 0. The second kappa shape index (κ2) is 7.32. The fraction of sp³-hybridized carbons (Fsp3) is 0.368. The van der Waals surface area contributed by atoms with Gasteiger partial charge in [0.25, 0.3) is 0 Å². The summed E-state index contributed by atoms with van der Waals surface area (Å²) in [5, 5.41) is 21.1. The van der Waals surface area contributed by atoms with E-state index in [1.165, 1.54) is 0 Å². The van der Waals surface area contributed by atoms with Crippen LogP contribution >= 0.6 is 0 Å². The predicted molar refractivity (Wildman–Crippen MR) is 97.2 cm³/mol. The van der Waals surface area contributed by atoms with Crippen molar-refractivity contribution in [3.63, 3.8) is 0 Å². The molecule has 1 atom stereocenters. The Morgan fingerprint density at radius 2 is 2.19 bits per heavy atom. The molecule has 3 aromatic rings. The van der Waals surface area contributed by atoms with Crippen LogP contribution in [0.25, 0.3) is 11.4 Å². The molecule has 8 nitrogen and oxygen atoms in total. The molecule has 0 amide bonds. The first kappa shape index (κ1) is 17.4. The Bertz CT molecular complexity index is 948. The molecule has 1 aliphatic rings. The van der Waals surface area contributed by atoms with E-state index in [9.17, 15) is 9.90 Å². The van der Waals surface area contributed by atoms with E-state index in [2.05, 4.69) is 20.6 Å². The predicted octanol–water partition coefficient (Wildman–Crippen LogP) is 2.30. The van der Waals surface area contributed by atoms with Crippen LogP contribution in [0, 0.1) is 0 Å². The molecular weight excluding hydrogens is 346 g/mol. The summed E-state index contributed by atoms with van der Waals surface area (Å²) in [6.45, 7) is 3.10. The topological polar surface area (TPSA) is 106 Å². The van der Waals surface area contributed by atoms with Gasteiger partial charge in [0.1, 0.15) is 0 Å². The molecule has 0 saturated heterocycles. The van der Waals surface area contributed by atoms with Gasteiger partial charge < -0.3 is 14.9 Å². The number of aryl methyl sites for hydroxylation is 1. The lowest BCUT2D eigenvalue weighted by molar-refractivity contribution is 0.0688. The number of nitrogens with one attached hydrogen (secondary N) is 1. The van der Waals surface area contributed by atoms with Crippen molar-refractivity contribution in [3.05, 3.63) is 53.2 Å². The lowest BCUT2D eigenvalue weighted by atomic mass is 9.91. The third kappa shape index (κ3) is 3.48. The van der Waals surface area contributed by atoms with Gasteiger partial charge in [-0.3, -0.25) is 4.68 Å². The number of carbonyl (C=O) groups is 1. The zero-order chi connectivity index (χ0) is 18.8. The Morgan fingerprint density at radius 3 is 2.93 bits per heavy atom. The van der Waals surface area contributed by atoms with Crippen molar-refractivity contribution < 1.29 is 14.4 Å². The van der Waals surface area contributed by atoms with Gasteiger partial charge >= 0.3 is 5.97 Å². The van der Waals surface area contributed by atoms with Gasteiger partial charge in [-0.25, -0.2) is 4.79 Å². The SMILES string of the molecule is CCn1nc(C(=O)O)c2c1CCC(NCc1nc(-c3ccccc3)no1)C2. The number of rotatable bonds is 6. The monoisotopic (exact) mass is 367 g/mol. The second-order valence-electron chi connectivity index (χ2n) is 6.59. The Labute approximate surface area is 156 Å². The van der Waals surface area contributed by atoms with E-state index in [-0.39, 0.29) is 11.7 Å². The molecule has 2 heterocycles. The highest BCUT2D eigenvalue weighted by molar-refractivity contribution is 5.87. The number of carboxylic acid groups (broad SMARTS) is 1. The average molecular weight is 367 g/mol. The highest BCUT2D eigenvalue weighted by Crippen LogP contribution is 2.25. The molecule has 2 N–H and O–H groups in total. The fourth-order valence-electron chi connectivity index (χ4n) is 3.56. The van der Waals surface area contributed by atoms with E-state index in [4.69, 9.17) is 4.52 Å². The van der Waals surface area contributed by atoms with Crippen LogP contribution in [0.5, 0.6) is 0 Å². The number of aromatic carboxylic acids is 1. The summed E-state index contributed by atoms with van der Waals surface area (Å²) in [7, 11) is 0. The molecule has 1 aromatic carbocycles. The lowest BCUT2D eigenvalue weighted by Gasteiger charge is -2.23. The Morgan fingerprint density at radius 1 is 1.37 bits per heavy atom. The molecule has 0 aliphatic heterocycles. The van der Waals surface area contributed by atoms with Gasteiger partial charge in [-0.2, -0.15) is 10.1 Å². The van der Waals surface area contributed by atoms with E-state index >= 15 is 0 Å². The van der Waals surface area contributed by atoms with Crippen LogP contribution in [-0.2, 0) is 25.9 Å². The maximum absolute atomic E-state index is 11.5. The van der Waals surface area contributed by atoms with E-state index in [0.717, 1.165) is 29.7 Å². The quantitative estimate of drug-likeness (QED) is 0.688. The summed E-state index contributed by atoms with van der Waals surface area (Å²) in [6.07, 6.45) is 2.36. The van der Waals surface area contributed by atoms with Crippen LogP contribution in [0.1, 0.15) is 41.0 Å². The average Bonchev–Trinajstić information content (AvgIpc) is 3.31. The molecule has 1 aliphatic carbocycles. The number of hydrogen-bond acceptors (Lipinski definition) is 6. The van der Waals surface area contributed by atoms with E-state index in [1.54, 1.807) is 4.68 Å². The number of fused-ring (bicyclic) bond motifs is 1. The molecule has 8 heteroatoms. The number of nitrogens with zero attached hydrogens (tertiary/aromatic N) is 4. The largest absolute Gasteiger partial charge is 0.476 e. The van der Waals surface area contributed by atoms with Crippen LogP contribution in [0.2, 0.25) is 0 Å². The van der Waals surface area contributed by atoms with Crippen LogP contribution in [0.4, 0.5) is 0 Å². The van der Waals surface area contributed by atoms with E-state index < -0.39 is 5.97 Å². The minimum absolute atomic E-state index is 0.150. The molecule has 1 unspecified atom stereocenters. The second-order valence-corrected chi connectivity index (χ2v) is 6.59. The molecule has 0 spiro atoms. The van der Waals surface area contributed by atoms with Crippen molar-refractivity contribution in [3.8, 4) is 11.4 Å². The van der Waals surface area contributed by atoms with Gasteiger partial charge in [-0.15, -0.1) is 0 Å². The van der Waals surface area contributed by atoms with Crippen molar-refractivity contribution in [2.24, 2.45) is 0 Å². The van der Waals surface area contributed by atoms with Crippen molar-refractivity contribution >= 4 is 5.97 Å². The van der Waals surface area contributed by atoms with Crippen LogP contribution in [-0.4, -0.2) is 37.0 Å². The summed E-state index contributed by atoms with van der Waals surface area (Å²) in [5.74, 6) is 0.113. The van der Waals surface area contributed by atoms with Crippen LogP contribution < -0.4 is 5.32 Å². The van der Waals surface area contributed by atoms with Crippen molar-refractivity contribution in [1.82, 2.24) is 25.2 Å². The highest BCUT2D eigenvalue weighted by Gasteiger charge is 2.28. The summed E-state index contributed by atoms with van der Waals surface area (Å²) < 4.78 is 7.13. The molecule has 0 bridgehead atoms. The third-order valence-corrected chi connectivity index (χ3v) is 4.89. The summed E-state index contributed by atoms with van der Waals surface area (Å²) in [6, 6.07) is 9.82. The zero-order valence-electron chi connectivity index (χ0n) is 15.1. The molecule has 2 aromatic heterocycles. The first-order chi connectivity index (χ1) is 13.2. The minimum Gasteiger partial charge on any atom is -0.476 e. The van der Waals surface area contributed by atoms with Gasteiger partial charge in [0.2, 0.25) is 11.7 Å². The molecule has 0 fully saturated rings. The molecule has 140 valence electrons. The first-order valence-corrected chi connectivity index (χ1v) is 9.09. The molecule has 0 radical (unpaired) electrons. The van der Waals surface area contributed by atoms with Gasteiger partial charge in [0.05, 0.1) is 6.54 Å². The number of carboxylic acids is 1. The zero-order valence-corrected chi connectivity index (χ0v) is 15.1. The normalized spacial score (nSPS) is 16.3. The van der Waals surface area contributed by atoms with E-state index in [1.807, 2.05) is 37.3 Å². The number of benzene rings is 1. The first-order valence-electron chi connectivity index (χ1n) is 9.09. The molecule has 4 rings (SSSR count). The molecule has 0 saturated carbocycles. The van der Waals surface area contributed by atoms with Crippen LogP contribution in [0.15, 0.2) is 34.9 Å². The Hall–Kier alpha value is -3.00. The van der Waals surface area contributed by atoms with Gasteiger partial charge in [0.15, 0.2) is 5.69 Å². The standard InChI is InChI=1S/C19H21N5O3/c1-2-24-15-9-8-13(10-14(15)17(22-24)19(25)26)20-11-16-21-18(23-27-16)12-6-4-3-5-7-12/h3-7,13,20H,2,8-11H2,1H3,(H,25,26). The highest BCUT2D eigenvalue weighted by atomic mass is 16.5. The van der Waals surface area contributed by atoms with Gasteiger partial charge in [0, 0.05) is 29.4 Å². The van der Waals surface area contributed by atoms with Crippen molar-refractivity contribution in [2.75, 3.05) is 0 Å². The fourth-order valence-corrected chi connectivity index (χ4v) is 3.56. The maximum atomic E-state index is 11.5. The number of hydrogen-bond donors (Lipinski definition) is 2. The van der Waals surface area contributed by atoms with Crippen LogP contribution in [0.3, 0.4) is 0 Å². The van der Waals surface area contributed by atoms with E-state index in [0.29, 0.717) is 31.2 Å². The Kier molecular flexibility index (Phi) is 4.72. The molecular formula is C19H21N5O3. The summed E-state index contributed by atoms with van der Waals surface area (Å²) in [5.41, 5.74) is 2.95. The van der Waals surface area contributed by atoms with Crippen molar-refractivity contribution in [1.29, 1.82) is 0 Å². The lowest BCUT2D eigenvalue weighted by Crippen LogP contribution is -2.34. The van der Waals surface area contributed by atoms with Crippen molar-refractivity contribution in [2.45, 2.75) is 45.3 Å². The third-order valence-electron chi connectivity index (χ3n) is 4.89. The van der Waals surface area contributed by atoms with Gasteiger partial charge in [-0.05, 0) is 26.2 Å².